The van der Waals surface area contributed by atoms with Crippen molar-refractivity contribution in [2.75, 3.05) is 6.61 Å². The van der Waals surface area contributed by atoms with Crippen LogP contribution in [0.15, 0.2) is 17.9 Å². The van der Waals surface area contributed by atoms with Crippen LogP contribution < -0.4 is 0 Å². The van der Waals surface area contributed by atoms with Gasteiger partial charge >= 0.3 is 0 Å². The van der Waals surface area contributed by atoms with Gasteiger partial charge in [0.2, 0.25) is 5.24 Å². The number of halogens is 1. The van der Waals surface area contributed by atoms with E-state index in [1.807, 2.05) is 13.8 Å². The van der Waals surface area contributed by atoms with Crippen molar-refractivity contribution in [3.05, 3.63) is 40.1 Å². The van der Waals surface area contributed by atoms with Crippen LogP contribution in [0.1, 0.15) is 61.8 Å². The summed E-state index contributed by atoms with van der Waals surface area (Å²) in [5, 5.41) is -0.387. The van der Waals surface area contributed by atoms with Gasteiger partial charge in [0.25, 0.3) is 0 Å². The summed E-state index contributed by atoms with van der Waals surface area (Å²) in [4.78, 5) is 24.7. The number of hydrogen-bond acceptors (Lipinski definition) is 3. The Labute approximate surface area is 161 Å². The first-order chi connectivity index (χ1) is 12.3. The van der Waals surface area contributed by atoms with Gasteiger partial charge in [0.15, 0.2) is 5.78 Å². The minimum atomic E-state index is -0.387. The van der Waals surface area contributed by atoms with Crippen LogP contribution in [-0.2, 0) is 14.3 Å². The number of carbonyl (C=O) groups is 2. The van der Waals surface area contributed by atoms with Crippen molar-refractivity contribution < 1.29 is 14.3 Å². The lowest BCUT2D eigenvalue weighted by atomic mass is 9.77. The van der Waals surface area contributed by atoms with Crippen LogP contribution in [0.25, 0.3) is 5.57 Å². The van der Waals surface area contributed by atoms with Gasteiger partial charge in [-0.05, 0) is 61.4 Å². The molecule has 0 N–H and O–H groups in total. The first kappa shape index (κ1) is 20.7. The number of Topliss-reactive ketones (excluding diaryl/α,β-unsaturated/α-hetero) is 1. The van der Waals surface area contributed by atoms with E-state index in [4.69, 9.17) is 16.3 Å². The van der Waals surface area contributed by atoms with Gasteiger partial charge in [-0.2, -0.15) is 0 Å². The summed E-state index contributed by atoms with van der Waals surface area (Å²) in [6.07, 6.45) is 2.88. The molecule has 142 valence electrons. The molecule has 0 saturated carbocycles. The summed E-state index contributed by atoms with van der Waals surface area (Å²) in [5.41, 5.74) is 5.03. The molecule has 0 aliphatic heterocycles. The van der Waals surface area contributed by atoms with Gasteiger partial charge in [0.05, 0.1) is 12.2 Å². The second kappa shape index (κ2) is 8.85. The predicted molar refractivity (Wildman–Crippen MR) is 106 cm³/mol. The molecule has 1 aliphatic carbocycles. The zero-order chi connectivity index (χ0) is 19.4. The maximum atomic E-state index is 13.1. The van der Waals surface area contributed by atoms with Crippen molar-refractivity contribution in [1.82, 2.24) is 0 Å². The Hall–Kier alpha value is -1.61. The number of hydrogen-bond donors (Lipinski definition) is 0. The summed E-state index contributed by atoms with van der Waals surface area (Å²) in [6, 6.07) is 4.20. The third-order valence-corrected chi connectivity index (χ3v) is 5.56. The fourth-order valence-corrected chi connectivity index (χ4v) is 3.95. The van der Waals surface area contributed by atoms with Crippen LogP contribution >= 0.6 is 11.6 Å². The van der Waals surface area contributed by atoms with E-state index < -0.39 is 0 Å². The molecule has 1 aliphatic rings. The zero-order valence-electron chi connectivity index (χ0n) is 16.4. The lowest BCUT2D eigenvalue weighted by Gasteiger charge is -2.30. The molecule has 4 heteroatoms. The molecule has 0 heterocycles. The van der Waals surface area contributed by atoms with E-state index in [1.165, 1.54) is 5.56 Å². The van der Waals surface area contributed by atoms with Crippen LogP contribution in [0.4, 0.5) is 0 Å². The van der Waals surface area contributed by atoms with Crippen molar-refractivity contribution in [3.63, 3.8) is 0 Å². The van der Waals surface area contributed by atoms with Gasteiger partial charge in [-0.3, -0.25) is 9.59 Å². The van der Waals surface area contributed by atoms with E-state index >= 15 is 0 Å². The number of allylic oxidation sites excluding steroid dienone is 2. The number of benzene rings is 1. The van der Waals surface area contributed by atoms with E-state index in [1.54, 1.807) is 6.92 Å². The summed E-state index contributed by atoms with van der Waals surface area (Å²) >= 11 is 5.70. The molecule has 0 fully saturated rings. The zero-order valence-corrected chi connectivity index (χ0v) is 17.2. The standard InChI is InChI=1S/C22H29ClO3/c1-6-7-8-26-19-12-17(16(5)22(23)25)11-18(24)21(19)20-14(3)9-13(2)10-15(20)4/h9-10,16-17H,6-8,11-12H2,1-5H3. The molecule has 1 aromatic rings. The van der Waals surface area contributed by atoms with Crippen LogP contribution in [0.3, 0.4) is 0 Å². The number of carbonyl (C=O) groups excluding carboxylic acids is 2. The largest absolute Gasteiger partial charge is 0.497 e. The topological polar surface area (TPSA) is 43.4 Å². The molecular formula is C22H29ClO3. The third-order valence-electron chi connectivity index (χ3n) is 5.22. The lowest BCUT2D eigenvalue weighted by Crippen LogP contribution is -2.27. The van der Waals surface area contributed by atoms with Gasteiger partial charge in [0.1, 0.15) is 5.76 Å². The molecule has 1 aromatic carbocycles. The van der Waals surface area contributed by atoms with E-state index in [0.29, 0.717) is 25.0 Å². The Morgan fingerprint density at radius 3 is 2.38 bits per heavy atom. The van der Waals surface area contributed by atoms with Crippen molar-refractivity contribution >= 4 is 28.2 Å². The first-order valence-electron chi connectivity index (χ1n) is 9.42. The highest BCUT2D eigenvalue weighted by Crippen LogP contribution is 2.39. The molecule has 0 amide bonds. The molecule has 0 spiro atoms. The van der Waals surface area contributed by atoms with Crippen molar-refractivity contribution in [3.8, 4) is 0 Å². The SMILES string of the molecule is CCCCOC1=C(c2c(C)cc(C)cc2C)C(=O)CC(C(C)C(=O)Cl)C1. The number of aryl methyl sites for hydroxylation is 3. The van der Waals surface area contributed by atoms with E-state index in [-0.39, 0.29) is 22.9 Å². The van der Waals surface area contributed by atoms with E-state index in [2.05, 4.69) is 26.0 Å². The van der Waals surface area contributed by atoms with Crippen molar-refractivity contribution in [2.45, 2.75) is 60.3 Å². The van der Waals surface area contributed by atoms with Crippen LogP contribution in [0.2, 0.25) is 0 Å². The van der Waals surface area contributed by atoms with Gasteiger partial charge in [-0.25, -0.2) is 0 Å². The van der Waals surface area contributed by atoms with Crippen molar-refractivity contribution in [1.29, 1.82) is 0 Å². The summed E-state index contributed by atoms with van der Waals surface area (Å²) in [5.74, 6) is 0.318. The fourth-order valence-electron chi connectivity index (χ4n) is 3.77. The Morgan fingerprint density at radius 2 is 1.85 bits per heavy atom. The second-order valence-electron chi connectivity index (χ2n) is 7.46. The molecule has 2 unspecified atom stereocenters. The molecule has 26 heavy (non-hydrogen) atoms. The fraction of sp³-hybridized carbons (Fsp3) is 0.545. The number of ketones is 1. The molecule has 2 rings (SSSR count). The Balaban J connectivity index is 2.51. The maximum Gasteiger partial charge on any atom is 0.224 e. The molecule has 0 aromatic heterocycles. The average Bonchev–Trinajstić information content (AvgIpc) is 2.55. The highest BCUT2D eigenvalue weighted by molar-refractivity contribution is 6.64. The van der Waals surface area contributed by atoms with Gasteiger partial charge < -0.3 is 4.74 Å². The summed E-state index contributed by atoms with van der Waals surface area (Å²) in [6.45, 7) is 10.6. The monoisotopic (exact) mass is 376 g/mol. The number of rotatable bonds is 7. The molecule has 0 radical (unpaired) electrons. The van der Waals surface area contributed by atoms with Gasteiger partial charge in [-0.15, -0.1) is 0 Å². The van der Waals surface area contributed by atoms with Crippen LogP contribution in [-0.4, -0.2) is 17.6 Å². The van der Waals surface area contributed by atoms with Crippen LogP contribution in [0, 0.1) is 32.6 Å². The van der Waals surface area contributed by atoms with E-state index in [0.717, 1.165) is 35.3 Å². The first-order valence-corrected chi connectivity index (χ1v) is 9.80. The van der Waals surface area contributed by atoms with Crippen molar-refractivity contribution in [2.24, 2.45) is 11.8 Å². The average molecular weight is 377 g/mol. The smallest absolute Gasteiger partial charge is 0.224 e. The maximum absolute atomic E-state index is 13.1. The molecule has 3 nitrogen and oxygen atoms in total. The molecule has 0 bridgehead atoms. The Morgan fingerprint density at radius 1 is 1.23 bits per heavy atom. The number of ether oxygens (including phenoxy) is 1. The quantitative estimate of drug-likeness (QED) is 0.464. The minimum absolute atomic E-state index is 0.0487. The Bertz CT molecular complexity index is 710. The van der Waals surface area contributed by atoms with Gasteiger partial charge in [0, 0.05) is 18.8 Å². The molecular weight excluding hydrogens is 348 g/mol. The van der Waals surface area contributed by atoms with E-state index in [9.17, 15) is 9.59 Å². The third kappa shape index (κ3) is 4.56. The highest BCUT2D eigenvalue weighted by atomic mass is 35.5. The minimum Gasteiger partial charge on any atom is -0.497 e. The molecule has 0 saturated heterocycles. The summed E-state index contributed by atoms with van der Waals surface area (Å²) in [7, 11) is 0. The van der Waals surface area contributed by atoms with Crippen LogP contribution in [0.5, 0.6) is 0 Å². The highest BCUT2D eigenvalue weighted by Gasteiger charge is 2.35. The number of unbranched alkanes of at least 4 members (excludes halogenated alkanes) is 1. The normalized spacial score (nSPS) is 18.8. The lowest BCUT2D eigenvalue weighted by molar-refractivity contribution is -0.118. The molecule has 2 atom stereocenters. The summed E-state index contributed by atoms with van der Waals surface area (Å²) < 4.78 is 6.07. The second-order valence-corrected chi connectivity index (χ2v) is 7.83. The van der Waals surface area contributed by atoms with Gasteiger partial charge in [-0.1, -0.05) is 38.0 Å². The predicted octanol–water partition coefficient (Wildman–Crippen LogP) is 5.52. The Kier molecular flexibility index (Phi) is 7.05.